The van der Waals surface area contributed by atoms with Crippen LogP contribution in [0.4, 0.5) is 16.0 Å². The molecule has 3 rings (SSSR count). The standard InChI is InChI=1S/C16H12Cl2FN5S/c17-11-6-5-10(7-12(11)18)8-24-9-20-15(23-24)22-16(25)21-14-4-2-1-3-13(14)19/h1-7,9H,8H2,(H2,21,22,23,25). The molecular weight excluding hydrogens is 384 g/mol. The topological polar surface area (TPSA) is 54.8 Å². The van der Waals surface area contributed by atoms with Gasteiger partial charge >= 0.3 is 0 Å². The molecule has 0 atom stereocenters. The summed E-state index contributed by atoms with van der Waals surface area (Å²) in [7, 11) is 0. The number of benzene rings is 2. The van der Waals surface area contributed by atoms with Gasteiger partial charge < -0.3 is 5.32 Å². The van der Waals surface area contributed by atoms with Crippen LogP contribution in [0.25, 0.3) is 0 Å². The van der Waals surface area contributed by atoms with E-state index in [1.807, 2.05) is 6.07 Å². The maximum Gasteiger partial charge on any atom is 0.248 e. The van der Waals surface area contributed by atoms with Crippen molar-refractivity contribution in [2.24, 2.45) is 0 Å². The minimum absolute atomic E-state index is 0.192. The normalized spacial score (nSPS) is 10.5. The lowest BCUT2D eigenvalue weighted by Crippen LogP contribution is -2.20. The van der Waals surface area contributed by atoms with E-state index in [9.17, 15) is 4.39 Å². The Hall–Kier alpha value is -2.22. The Kier molecular flexibility index (Phi) is 5.47. The summed E-state index contributed by atoms with van der Waals surface area (Å²) in [4.78, 5) is 4.12. The zero-order chi connectivity index (χ0) is 17.8. The van der Waals surface area contributed by atoms with Gasteiger partial charge in [-0.25, -0.2) is 14.1 Å². The van der Waals surface area contributed by atoms with Crippen LogP contribution in [0.15, 0.2) is 48.8 Å². The number of aromatic nitrogens is 3. The number of para-hydroxylation sites is 1. The van der Waals surface area contributed by atoms with Gasteiger partial charge in [-0.3, -0.25) is 5.32 Å². The number of thiocarbonyl (C=S) groups is 1. The molecule has 0 spiro atoms. The van der Waals surface area contributed by atoms with E-state index in [0.29, 0.717) is 22.5 Å². The minimum atomic E-state index is -0.398. The molecule has 0 amide bonds. The summed E-state index contributed by atoms with van der Waals surface area (Å²) in [5, 5.41) is 11.0. The largest absolute Gasteiger partial charge is 0.330 e. The van der Waals surface area contributed by atoms with E-state index in [-0.39, 0.29) is 10.8 Å². The Bertz CT molecular complexity index is 915. The average Bonchev–Trinajstić information content (AvgIpc) is 3.00. The van der Waals surface area contributed by atoms with Crippen LogP contribution in [0.3, 0.4) is 0 Å². The van der Waals surface area contributed by atoms with Crippen LogP contribution in [0, 0.1) is 5.82 Å². The van der Waals surface area contributed by atoms with Crippen LogP contribution in [0.1, 0.15) is 5.56 Å². The van der Waals surface area contributed by atoms with E-state index in [1.54, 1.807) is 41.3 Å². The fraction of sp³-hybridized carbons (Fsp3) is 0.0625. The Morgan fingerprint density at radius 1 is 1.12 bits per heavy atom. The fourth-order valence-corrected chi connectivity index (χ4v) is 2.59. The van der Waals surface area contributed by atoms with Crippen LogP contribution in [0.5, 0.6) is 0 Å². The number of nitrogens with one attached hydrogen (secondary N) is 2. The number of anilines is 2. The van der Waals surface area contributed by atoms with Crippen molar-refractivity contribution in [3.05, 3.63) is 70.2 Å². The molecule has 1 heterocycles. The molecule has 0 aliphatic rings. The molecule has 2 aromatic carbocycles. The van der Waals surface area contributed by atoms with Gasteiger partial charge in [0.1, 0.15) is 12.1 Å². The van der Waals surface area contributed by atoms with E-state index in [4.69, 9.17) is 35.4 Å². The first kappa shape index (κ1) is 17.6. The summed E-state index contributed by atoms with van der Waals surface area (Å²) in [6.45, 7) is 0.471. The minimum Gasteiger partial charge on any atom is -0.330 e. The monoisotopic (exact) mass is 395 g/mol. The number of rotatable bonds is 4. The number of hydrogen-bond donors (Lipinski definition) is 2. The van der Waals surface area contributed by atoms with Crippen molar-refractivity contribution in [1.29, 1.82) is 0 Å². The quantitative estimate of drug-likeness (QED) is 0.633. The smallest absolute Gasteiger partial charge is 0.248 e. The highest BCUT2D eigenvalue weighted by Crippen LogP contribution is 2.23. The molecular formula is C16H12Cl2FN5S. The lowest BCUT2D eigenvalue weighted by atomic mass is 10.2. The third kappa shape index (κ3) is 4.66. The maximum atomic E-state index is 13.6. The lowest BCUT2D eigenvalue weighted by molar-refractivity contribution is 0.632. The van der Waals surface area contributed by atoms with Crippen molar-refractivity contribution in [2.75, 3.05) is 10.6 Å². The highest BCUT2D eigenvalue weighted by Gasteiger charge is 2.07. The van der Waals surface area contributed by atoms with E-state index < -0.39 is 5.82 Å². The maximum absolute atomic E-state index is 13.6. The lowest BCUT2D eigenvalue weighted by Gasteiger charge is -2.08. The van der Waals surface area contributed by atoms with E-state index in [0.717, 1.165) is 5.56 Å². The summed E-state index contributed by atoms with van der Waals surface area (Å²) in [6.07, 6.45) is 1.55. The summed E-state index contributed by atoms with van der Waals surface area (Å²) in [6, 6.07) is 11.6. The number of halogens is 3. The molecule has 0 aliphatic heterocycles. The molecule has 5 nitrogen and oxygen atoms in total. The predicted molar refractivity (Wildman–Crippen MR) is 102 cm³/mol. The molecule has 0 fully saturated rings. The molecule has 9 heteroatoms. The van der Waals surface area contributed by atoms with Crippen LogP contribution in [-0.4, -0.2) is 19.9 Å². The second-order valence-corrected chi connectivity index (χ2v) is 6.30. The van der Waals surface area contributed by atoms with Crippen molar-refractivity contribution in [3.8, 4) is 0 Å². The molecule has 0 bridgehead atoms. The summed E-state index contributed by atoms with van der Waals surface area (Å²) < 4.78 is 15.2. The van der Waals surface area contributed by atoms with Crippen LogP contribution in [-0.2, 0) is 6.54 Å². The van der Waals surface area contributed by atoms with Crippen LogP contribution >= 0.6 is 35.4 Å². The second kappa shape index (κ2) is 7.77. The van der Waals surface area contributed by atoms with Gasteiger partial charge in [-0.1, -0.05) is 41.4 Å². The van der Waals surface area contributed by atoms with Gasteiger partial charge in [-0.15, -0.1) is 5.10 Å². The van der Waals surface area contributed by atoms with Gasteiger partial charge in [0.05, 0.1) is 22.3 Å². The van der Waals surface area contributed by atoms with Gasteiger partial charge in [0.25, 0.3) is 0 Å². The molecule has 0 radical (unpaired) electrons. The van der Waals surface area contributed by atoms with Gasteiger partial charge in [-0.2, -0.15) is 0 Å². The first-order chi connectivity index (χ1) is 12.0. The third-order valence-corrected chi connectivity index (χ3v) is 4.16. The second-order valence-electron chi connectivity index (χ2n) is 5.07. The Morgan fingerprint density at radius 3 is 2.68 bits per heavy atom. The average molecular weight is 396 g/mol. The predicted octanol–water partition coefficient (Wildman–Crippen LogP) is 4.58. The van der Waals surface area contributed by atoms with Crippen molar-refractivity contribution >= 4 is 52.2 Å². The summed E-state index contributed by atoms with van der Waals surface area (Å²) in [5.41, 5.74) is 1.20. The molecule has 1 aromatic heterocycles. The molecule has 3 aromatic rings. The van der Waals surface area contributed by atoms with Gasteiger partial charge in [0, 0.05) is 0 Å². The zero-order valence-corrected chi connectivity index (χ0v) is 15.0. The van der Waals surface area contributed by atoms with E-state index in [2.05, 4.69) is 20.7 Å². The van der Waals surface area contributed by atoms with Crippen molar-refractivity contribution in [2.45, 2.75) is 6.54 Å². The molecule has 2 N–H and O–H groups in total. The molecule has 25 heavy (non-hydrogen) atoms. The highest BCUT2D eigenvalue weighted by molar-refractivity contribution is 7.80. The molecule has 0 aliphatic carbocycles. The van der Waals surface area contributed by atoms with E-state index in [1.165, 1.54) is 6.07 Å². The Labute approximate surface area is 158 Å². The molecule has 128 valence electrons. The SMILES string of the molecule is Fc1ccccc1NC(=S)Nc1ncn(Cc2ccc(Cl)c(Cl)c2)n1. The molecule has 0 saturated carbocycles. The van der Waals surface area contributed by atoms with Crippen LogP contribution < -0.4 is 10.6 Å². The fourth-order valence-electron chi connectivity index (χ4n) is 2.07. The zero-order valence-electron chi connectivity index (χ0n) is 12.7. The van der Waals surface area contributed by atoms with Crippen molar-refractivity contribution in [1.82, 2.24) is 14.8 Å². The Morgan fingerprint density at radius 2 is 1.92 bits per heavy atom. The first-order valence-electron chi connectivity index (χ1n) is 7.17. The van der Waals surface area contributed by atoms with Gasteiger partial charge in [0.15, 0.2) is 5.11 Å². The molecule has 0 unspecified atom stereocenters. The summed E-state index contributed by atoms with van der Waals surface area (Å²) in [5.74, 6) is -0.0985. The third-order valence-electron chi connectivity index (χ3n) is 3.21. The van der Waals surface area contributed by atoms with Crippen LogP contribution in [0.2, 0.25) is 10.0 Å². The van der Waals surface area contributed by atoms with Crippen molar-refractivity contribution < 1.29 is 4.39 Å². The number of hydrogen-bond acceptors (Lipinski definition) is 3. The number of nitrogens with zero attached hydrogens (tertiary/aromatic N) is 3. The molecule has 0 saturated heterocycles. The van der Waals surface area contributed by atoms with Gasteiger partial charge in [0.2, 0.25) is 5.95 Å². The first-order valence-corrected chi connectivity index (χ1v) is 8.33. The van der Waals surface area contributed by atoms with Gasteiger partial charge in [-0.05, 0) is 42.0 Å². The Balaban J connectivity index is 1.62. The highest BCUT2D eigenvalue weighted by atomic mass is 35.5. The summed E-state index contributed by atoms with van der Waals surface area (Å²) >= 11 is 17.0. The van der Waals surface area contributed by atoms with Crippen molar-refractivity contribution in [3.63, 3.8) is 0 Å². The van der Waals surface area contributed by atoms with E-state index >= 15 is 0 Å².